The molecule has 98 heavy (non-hydrogen) atoms. The Bertz CT molecular complexity index is 3760. The van der Waals surface area contributed by atoms with Crippen molar-refractivity contribution in [2.45, 2.75) is 70.0 Å². The average molecular weight is 1480 g/mol. The van der Waals surface area contributed by atoms with Gasteiger partial charge in [0, 0.05) is 98.1 Å². The lowest BCUT2D eigenvalue weighted by atomic mass is 9.72. The lowest BCUT2D eigenvalue weighted by Gasteiger charge is -2.32. The van der Waals surface area contributed by atoms with Crippen LogP contribution >= 0.6 is 69.2 Å². The SMILES string of the molecule is Brc1cscn1.C/C=C/[PH+](c1ccccc1)c1ccccc1.C=CCON1C(=O)N2CC=C(B3OC(C)(C)C(C)(C)O3)C1C2.C=CCON1C(=O)N2CC=C(c3cscn3)C1C2.CN1C(=O)N2CC=C(c3cscn3)C1C2.CN1C(=O)N2CC=C(c3cscn3)C1C2.c1ccccc1. The van der Waals surface area contributed by atoms with Gasteiger partial charge in [-0.05, 0) is 80.3 Å². The maximum absolute atomic E-state index is 12.3. The molecular formula is C71H82BBrN12O8PS4+. The number of amides is 8. The fourth-order valence-corrected chi connectivity index (χ4v) is 16.7. The number of benzene rings is 3. The van der Waals surface area contributed by atoms with E-state index in [9.17, 15) is 19.2 Å². The highest BCUT2D eigenvalue weighted by Gasteiger charge is 2.57. The van der Waals surface area contributed by atoms with Crippen molar-refractivity contribution < 1.29 is 38.2 Å². The minimum atomic E-state index is -0.731. The van der Waals surface area contributed by atoms with Crippen LogP contribution in [-0.4, -0.2) is 206 Å². The normalized spacial score (nSPS) is 21.1. The zero-order valence-corrected chi connectivity index (χ0v) is 61.8. The number of likely N-dealkylation sites (N-methyl/N-ethyl adjacent to an activating group) is 2. The van der Waals surface area contributed by atoms with Crippen molar-refractivity contribution in [1.82, 2.24) is 59.5 Å². The Morgan fingerprint density at radius 1 is 0.531 bits per heavy atom. The van der Waals surface area contributed by atoms with Gasteiger partial charge in [0.15, 0.2) is 0 Å². The minimum absolute atomic E-state index is 0.0618. The van der Waals surface area contributed by atoms with Crippen LogP contribution in [0.4, 0.5) is 19.2 Å². The summed E-state index contributed by atoms with van der Waals surface area (Å²) in [5, 5.41) is 13.8. The molecule has 0 saturated carbocycles. The summed E-state index contributed by atoms with van der Waals surface area (Å²) in [7, 11) is 2.54. The molecule has 0 spiro atoms. The van der Waals surface area contributed by atoms with Gasteiger partial charge in [-0.25, -0.2) is 39.1 Å². The van der Waals surface area contributed by atoms with E-state index in [4.69, 9.17) is 19.0 Å². The summed E-state index contributed by atoms with van der Waals surface area (Å²) in [5.74, 6) is 2.34. The van der Waals surface area contributed by atoms with Crippen molar-refractivity contribution in [3.8, 4) is 0 Å². The summed E-state index contributed by atoms with van der Waals surface area (Å²) in [4.78, 5) is 86.4. The van der Waals surface area contributed by atoms with E-state index in [-0.39, 0.29) is 48.3 Å². The van der Waals surface area contributed by atoms with Crippen LogP contribution in [0.1, 0.15) is 51.7 Å². The molecule has 5 fully saturated rings. The van der Waals surface area contributed by atoms with Crippen molar-refractivity contribution >= 4 is 128 Å². The van der Waals surface area contributed by atoms with Gasteiger partial charge in [-0.2, -0.15) is 10.1 Å². The highest BCUT2D eigenvalue weighted by atomic mass is 79.9. The van der Waals surface area contributed by atoms with Crippen LogP contribution in [0.25, 0.3) is 16.7 Å². The summed E-state index contributed by atoms with van der Waals surface area (Å²) < 4.78 is 13.2. The third-order valence-corrected chi connectivity index (χ3v) is 23.3. The van der Waals surface area contributed by atoms with E-state index in [1.54, 1.807) is 88.1 Å². The molecule has 4 unspecified atom stereocenters. The van der Waals surface area contributed by atoms with Crippen molar-refractivity contribution in [3.63, 3.8) is 0 Å². The molecule has 4 aromatic heterocycles. The summed E-state index contributed by atoms with van der Waals surface area (Å²) in [6, 6.07) is 33.7. The molecule has 5 saturated heterocycles. The molecule has 3 aromatic carbocycles. The number of carbonyl (C=O) groups is 4. The number of hydroxylamine groups is 4. The Balaban J connectivity index is 0.000000128. The quantitative estimate of drug-likeness (QED) is 0.0606. The molecule has 20 nitrogen and oxygen atoms in total. The Labute approximate surface area is 600 Å². The molecule has 9 aliphatic rings. The van der Waals surface area contributed by atoms with Gasteiger partial charge in [0.05, 0.1) is 102 Å². The number of aromatic nitrogens is 4. The minimum Gasteiger partial charge on any atom is -0.400 e. The van der Waals surface area contributed by atoms with Crippen LogP contribution in [0.3, 0.4) is 0 Å². The summed E-state index contributed by atoms with van der Waals surface area (Å²) in [5.41, 5.74) is 13.9. The van der Waals surface area contributed by atoms with E-state index < -0.39 is 26.2 Å². The first-order valence-corrected chi connectivity index (χ1v) is 38.2. The van der Waals surface area contributed by atoms with Gasteiger partial charge in [-0.3, -0.25) is 9.68 Å². The first-order valence-electron chi connectivity index (χ1n) is 32.1. The zero-order chi connectivity index (χ0) is 69.3. The number of halogens is 1. The molecule has 512 valence electrons. The van der Waals surface area contributed by atoms with Gasteiger partial charge in [0.1, 0.15) is 21.3 Å². The van der Waals surface area contributed by atoms with Gasteiger partial charge < -0.3 is 38.7 Å². The van der Waals surface area contributed by atoms with Crippen LogP contribution in [0.5, 0.6) is 0 Å². The molecule has 8 amide bonds. The number of allylic oxidation sites excluding steroid dienone is 1. The molecular weight excluding hydrogens is 1400 g/mol. The Kier molecular flexibility index (Phi) is 25.6. The number of urea groups is 4. The Morgan fingerprint density at radius 3 is 1.26 bits per heavy atom. The van der Waals surface area contributed by atoms with Gasteiger partial charge in [0.2, 0.25) is 0 Å². The predicted octanol–water partition coefficient (Wildman–Crippen LogP) is 13.1. The monoisotopic (exact) mass is 1480 g/mol. The standard InChI is InChI=1S/C15H23BN2O4.C15H15P.C12H13N3O2S.2C10H11N3OS.C6H6.C3H2BrNS/c1-6-9-20-18-12-10-17(13(18)19)8-7-11(12)16-21-14(2,3)15(4,5)22-16;1-2-13-16(14-9-5-3-6-10-14)15-11-7-4-8-12-15;1-2-5-17-15-11-6-14(12(15)16)4-3-9(11)10-7-18-8-13-10;2*1-12-9-4-13(10(12)14)3-2-7(9)8-5-15-6-11-8;1-2-4-6-5-3-1;4-3-1-6-2-5-3/h6-7,12H,1,8-10H2,2-5H3;2-13H,1H3;2-3,7-8,11H,1,4-6H2;2*2,5-6,9H,3-4H2,1H3;1-6H;1-2H/p+1/b;13-2+;;;;;. The lowest BCUT2D eigenvalue weighted by molar-refractivity contribution is -0.109. The molecule has 8 bridgehead atoms. The highest BCUT2D eigenvalue weighted by Crippen LogP contribution is 2.42. The van der Waals surface area contributed by atoms with Crippen LogP contribution in [-0.2, 0) is 19.0 Å². The molecule has 0 N–H and O–H groups in total. The predicted molar refractivity (Wildman–Crippen MR) is 401 cm³/mol. The topological polar surface area (TPSA) is 183 Å². The smallest absolute Gasteiger partial charge is 0.400 e. The van der Waals surface area contributed by atoms with Gasteiger partial charge >= 0.3 is 31.2 Å². The number of carbonyl (C=O) groups excluding carboxylic acids is 4. The molecule has 4 atom stereocenters. The van der Waals surface area contributed by atoms with Crippen LogP contribution < -0.4 is 10.6 Å². The number of thiazole rings is 4. The number of rotatable bonds is 13. The lowest BCUT2D eigenvalue weighted by Crippen LogP contribution is -2.41. The third-order valence-electron chi connectivity index (χ3n) is 17.7. The van der Waals surface area contributed by atoms with Gasteiger partial charge in [-0.1, -0.05) is 115 Å². The first kappa shape index (κ1) is 73.0. The van der Waals surface area contributed by atoms with E-state index in [1.165, 1.54) is 31.9 Å². The first-order chi connectivity index (χ1) is 47.4. The molecule has 16 rings (SSSR count). The maximum Gasteiger partial charge on any atom is 0.492 e. The van der Waals surface area contributed by atoms with Gasteiger partial charge in [-0.15, -0.1) is 58.5 Å². The number of nitrogens with zero attached hydrogens (tertiary/aromatic N) is 12. The second kappa shape index (κ2) is 34.4. The molecule has 0 aliphatic carbocycles. The van der Waals surface area contributed by atoms with E-state index in [1.807, 2.05) is 127 Å². The number of hydrogen-bond donors (Lipinski definition) is 0. The van der Waals surface area contributed by atoms with Crippen molar-refractivity contribution in [3.05, 3.63) is 229 Å². The number of fused-ring (bicyclic) bond motifs is 8. The molecule has 9 aliphatic heterocycles. The van der Waals surface area contributed by atoms with E-state index in [2.05, 4.69) is 147 Å². The average Bonchev–Trinajstić information content (AvgIpc) is 1.62. The summed E-state index contributed by atoms with van der Waals surface area (Å²) in [6.45, 7) is 23.5. The molecule has 7 aromatic rings. The van der Waals surface area contributed by atoms with Gasteiger partial charge in [0.25, 0.3) is 0 Å². The summed E-state index contributed by atoms with van der Waals surface area (Å²) in [6.07, 6.45) is 13.7. The maximum atomic E-state index is 12.3. The van der Waals surface area contributed by atoms with Crippen molar-refractivity contribution in [2.24, 2.45) is 0 Å². The fourth-order valence-electron chi connectivity index (χ4n) is 11.9. The Morgan fingerprint density at radius 2 is 0.888 bits per heavy atom. The zero-order valence-electron chi connectivity index (χ0n) is 56.0. The Hall–Kier alpha value is -7.75. The second-order valence-corrected chi connectivity index (χ2v) is 30.4. The van der Waals surface area contributed by atoms with E-state index >= 15 is 0 Å². The van der Waals surface area contributed by atoms with Crippen molar-refractivity contribution in [1.29, 1.82) is 0 Å². The fraction of sp³-hybridized carbons (Fsp3) is 0.324. The molecule has 13 heterocycles. The number of hydrogen-bond acceptors (Lipinski definition) is 16. The largest absolute Gasteiger partial charge is 0.492 e. The molecule has 0 radical (unpaired) electrons. The second-order valence-electron chi connectivity index (χ2n) is 24.4. The third kappa shape index (κ3) is 17.4. The van der Waals surface area contributed by atoms with Crippen molar-refractivity contribution in [2.75, 3.05) is 79.7 Å². The van der Waals surface area contributed by atoms with Crippen LogP contribution in [0, 0.1) is 0 Å². The summed E-state index contributed by atoms with van der Waals surface area (Å²) >= 11 is 9.50. The van der Waals surface area contributed by atoms with Crippen LogP contribution in [0.2, 0.25) is 0 Å². The van der Waals surface area contributed by atoms with Crippen LogP contribution in [0.15, 0.2) is 212 Å². The van der Waals surface area contributed by atoms with E-state index in [0.29, 0.717) is 52.5 Å². The highest BCUT2D eigenvalue weighted by molar-refractivity contribution is 9.10. The van der Waals surface area contributed by atoms with E-state index in [0.717, 1.165) is 45.8 Å². The molecule has 27 heteroatoms.